The maximum atomic E-state index is 12.8. The minimum Gasteiger partial charge on any atom is -0.350 e. The molecule has 29 heavy (non-hydrogen) atoms. The zero-order valence-electron chi connectivity index (χ0n) is 16.6. The van der Waals surface area contributed by atoms with E-state index in [0.717, 1.165) is 18.8 Å². The van der Waals surface area contributed by atoms with Crippen LogP contribution in [0.3, 0.4) is 0 Å². The summed E-state index contributed by atoms with van der Waals surface area (Å²) in [5.41, 5.74) is 2.85. The van der Waals surface area contributed by atoms with E-state index in [9.17, 15) is 4.79 Å². The molecule has 2 heterocycles. The van der Waals surface area contributed by atoms with Gasteiger partial charge in [0.2, 0.25) is 0 Å². The SMILES string of the molecule is O=C(NC[C@H](c1ccccc1)N1CCCCCC1)c1ccc(-n2cnnc2)cc1. The summed E-state index contributed by atoms with van der Waals surface area (Å²) in [5, 5.41) is 10.8. The van der Waals surface area contributed by atoms with Gasteiger partial charge in [-0.2, -0.15) is 0 Å². The van der Waals surface area contributed by atoms with Gasteiger partial charge in [-0.05, 0) is 55.8 Å². The minimum atomic E-state index is -0.0453. The maximum Gasteiger partial charge on any atom is 0.251 e. The number of likely N-dealkylation sites (tertiary alicyclic amines) is 1. The average Bonchev–Trinajstić information content (AvgIpc) is 3.18. The highest BCUT2D eigenvalue weighted by molar-refractivity contribution is 5.94. The molecule has 1 fully saturated rings. The smallest absolute Gasteiger partial charge is 0.251 e. The van der Waals surface area contributed by atoms with E-state index >= 15 is 0 Å². The van der Waals surface area contributed by atoms with Crippen molar-refractivity contribution in [3.63, 3.8) is 0 Å². The van der Waals surface area contributed by atoms with E-state index in [2.05, 4.69) is 44.7 Å². The Bertz CT molecular complexity index is 885. The number of benzene rings is 2. The molecule has 1 aromatic heterocycles. The largest absolute Gasteiger partial charge is 0.350 e. The van der Waals surface area contributed by atoms with Gasteiger partial charge in [-0.3, -0.25) is 14.3 Å². The van der Waals surface area contributed by atoms with Crippen molar-refractivity contribution in [1.82, 2.24) is 25.0 Å². The summed E-state index contributed by atoms with van der Waals surface area (Å²) in [6.45, 7) is 2.78. The van der Waals surface area contributed by atoms with Crippen molar-refractivity contribution in [1.29, 1.82) is 0 Å². The molecule has 1 aliphatic rings. The lowest BCUT2D eigenvalue weighted by Gasteiger charge is -2.31. The van der Waals surface area contributed by atoms with Crippen LogP contribution in [-0.4, -0.2) is 45.2 Å². The summed E-state index contributed by atoms with van der Waals surface area (Å²) >= 11 is 0. The van der Waals surface area contributed by atoms with Gasteiger partial charge in [0.1, 0.15) is 12.7 Å². The van der Waals surface area contributed by atoms with Crippen molar-refractivity contribution in [3.05, 3.63) is 78.4 Å². The van der Waals surface area contributed by atoms with Crippen molar-refractivity contribution < 1.29 is 4.79 Å². The van der Waals surface area contributed by atoms with E-state index in [-0.39, 0.29) is 11.9 Å². The van der Waals surface area contributed by atoms with Crippen LogP contribution in [0.5, 0.6) is 0 Å². The van der Waals surface area contributed by atoms with Gasteiger partial charge in [-0.15, -0.1) is 10.2 Å². The monoisotopic (exact) mass is 389 g/mol. The van der Waals surface area contributed by atoms with Crippen LogP contribution in [0.25, 0.3) is 5.69 Å². The topological polar surface area (TPSA) is 63.1 Å². The van der Waals surface area contributed by atoms with Gasteiger partial charge < -0.3 is 5.32 Å². The molecule has 0 spiro atoms. The van der Waals surface area contributed by atoms with Crippen LogP contribution >= 0.6 is 0 Å². The molecule has 1 saturated heterocycles. The highest BCUT2D eigenvalue weighted by Gasteiger charge is 2.22. The zero-order valence-corrected chi connectivity index (χ0v) is 16.6. The first kappa shape index (κ1) is 19.3. The fourth-order valence-electron chi connectivity index (χ4n) is 3.95. The Morgan fingerprint density at radius 3 is 2.21 bits per heavy atom. The number of rotatable bonds is 6. The molecular weight excluding hydrogens is 362 g/mol. The lowest BCUT2D eigenvalue weighted by Crippen LogP contribution is -2.38. The summed E-state index contributed by atoms with van der Waals surface area (Å²) < 4.78 is 1.81. The molecule has 1 aliphatic heterocycles. The molecule has 1 atom stereocenters. The summed E-state index contributed by atoms with van der Waals surface area (Å²) in [5.74, 6) is -0.0453. The normalized spacial score (nSPS) is 16.1. The van der Waals surface area contributed by atoms with E-state index in [1.807, 2.05) is 34.9 Å². The number of nitrogens with zero attached hydrogens (tertiary/aromatic N) is 4. The molecule has 0 saturated carbocycles. The molecule has 150 valence electrons. The molecular formula is C23H27N5O. The molecule has 1 N–H and O–H groups in total. The number of amides is 1. The van der Waals surface area contributed by atoms with Crippen LogP contribution in [0.15, 0.2) is 67.3 Å². The van der Waals surface area contributed by atoms with E-state index in [0.29, 0.717) is 12.1 Å². The fourth-order valence-corrected chi connectivity index (χ4v) is 3.95. The number of carbonyl (C=O) groups is 1. The van der Waals surface area contributed by atoms with Crippen molar-refractivity contribution >= 4 is 5.91 Å². The fraction of sp³-hybridized carbons (Fsp3) is 0.348. The van der Waals surface area contributed by atoms with Gasteiger partial charge in [-0.1, -0.05) is 43.2 Å². The predicted molar refractivity (Wildman–Crippen MR) is 113 cm³/mol. The Balaban J connectivity index is 1.44. The molecule has 0 bridgehead atoms. The van der Waals surface area contributed by atoms with Crippen molar-refractivity contribution in [3.8, 4) is 5.69 Å². The van der Waals surface area contributed by atoms with E-state index in [4.69, 9.17) is 0 Å². The second-order valence-corrected chi connectivity index (χ2v) is 7.50. The first-order chi connectivity index (χ1) is 14.3. The van der Waals surface area contributed by atoms with E-state index < -0.39 is 0 Å². The molecule has 0 unspecified atom stereocenters. The Kier molecular flexibility index (Phi) is 6.32. The summed E-state index contributed by atoms with van der Waals surface area (Å²) in [4.78, 5) is 15.3. The van der Waals surface area contributed by atoms with Gasteiger partial charge in [-0.25, -0.2) is 0 Å². The summed E-state index contributed by atoms with van der Waals surface area (Å²) in [6.07, 6.45) is 8.32. The average molecular weight is 390 g/mol. The Hall–Kier alpha value is -2.99. The first-order valence-corrected chi connectivity index (χ1v) is 10.3. The second-order valence-electron chi connectivity index (χ2n) is 7.50. The minimum absolute atomic E-state index is 0.0453. The van der Waals surface area contributed by atoms with E-state index in [1.165, 1.54) is 31.2 Å². The van der Waals surface area contributed by atoms with Gasteiger partial charge in [0.15, 0.2) is 0 Å². The third kappa shape index (κ3) is 4.90. The molecule has 2 aromatic carbocycles. The summed E-state index contributed by atoms with van der Waals surface area (Å²) in [6, 6.07) is 18.2. The van der Waals surface area contributed by atoms with Crippen molar-refractivity contribution in [2.45, 2.75) is 31.7 Å². The Morgan fingerprint density at radius 1 is 0.897 bits per heavy atom. The molecule has 1 amide bonds. The van der Waals surface area contributed by atoms with Crippen LogP contribution in [0, 0.1) is 0 Å². The van der Waals surface area contributed by atoms with Crippen molar-refractivity contribution in [2.24, 2.45) is 0 Å². The van der Waals surface area contributed by atoms with Gasteiger partial charge in [0.05, 0.1) is 6.04 Å². The van der Waals surface area contributed by atoms with Gasteiger partial charge >= 0.3 is 0 Å². The lowest BCUT2D eigenvalue weighted by molar-refractivity contribution is 0.0933. The Labute approximate surface area is 171 Å². The highest BCUT2D eigenvalue weighted by Crippen LogP contribution is 2.24. The third-order valence-electron chi connectivity index (χ3n) is 5.57. The number of carbonyl (C=O) groups excluding carboxylic acids is 1. The van der Waals surface area contributed by atoms with Gasteiger partial charge in [0, 0.05) is 17.8 Å². The van der Waals surface area contributed by atoms with Crippen LogP contribution in [0.1, 0.15) is 47.6 Å². The predicted octanol–water partition coefficient (Wildman–Crippen LogP) is 3.61. The second kappa shape index (κ2) is 9.47. The lowest BCUT2D eigenvalue weighted by atomic mass is 10.0. The van der Waals surface area contributed by atoms with E-state index in [1.54, 1.807) is 12.7 Å². The zero-order chi connectivity index (χ0) is 19.9. The molecule has 3 aromatic rings. The maximum absolute atomic E-state index is 12.8. The molecule has 6 nitrogen and oxygen atoms in total. The first-order valence-electron chi connectivity index (χ1n) is 10.3. The van der Waals surface area contributed by atoms with Crippen LogP contribution in [-0.2, 0) is 0 Å². The molecule has 6 heteroatoms. The standard InChI is InChI=1S/C23H27N5O/c29-23(20-10-12-21(13-11-20)28-17-25-26-18-28)24-16-22(19-8-4-3-5-9-19)27-14-6-1-2-7-15-27/h3-5,8-13,17-18,22H,1-2,6-7,14-16H2,(H,24,29)/t22-/m1/s1. The molecule has 4 rings (SSSR count). The van der Waals surface area contributed by atoms with Crippen LogP contribution < -0.4 is 5.32 Å². The molecule has 0 aliphatic carbocycles. The number of hydrogen-bond acceptors (Lipinski definition) is 4. The summed E-state index contributed by atoms with van der Waals surface area (Å²) in [7, 11) is 0. The number of aromatic nitrogens is 3. The highest BCUT2D eigenvalue weighted by atomic mass is 16.1. The van der Waals surface area contributed by atoms with Crippen LogP contribution in [0.2, 0.25) is 0 Å². The number of nitrogens with one attached hydrogen (secondary N) is 1. The Morgan fingerprint density at radius 2 is 1.55 bits per heavy atom. The van der Waals surface area contributed by atoms with Crippen molar-refractivity contribution in [2.75, 3.05) is 19.6 Å². The molecule has 0 radical (unpaired) electrons. The van der Waals surface area contributed by atoms with Crippen LogP contribution in [0.4, 0.5) is 0 Å². The number of hydrogen-bond donors (Lipinski definition) is 1. The quantitative estimate of drug-likeness (QED) is 0.699. The van der Waals surface area contributed by atoms with Gasteiger partial charge in [0.25, 0.3) is 5.91 Å². The third-order valence-corrected chi connectivity index (χ3v) is 5.57.